The monoisotopic (exact) mass is 416 g/mol. The first-order valence-electron chi connectivity index (χ1n) is 9.56. The van der Waals surface area contributed by atoms with Gasteiger partial charge in [0.05, 0.1) is 0 Å². The van der Waals surface area contributed by atoms with Gasteiger partial charge in [-0.15, -0.1) is 0 Å². The number of imidazole rings is 1. The molecule has 0 spiro atoms. The van der Waals surface area contributed by atoms with E-state index in [-0.39, 0.29) is 6.79 Å². The number of hydrogen-bond donors (Lipinski definition) is 2. The zero-order valence-electron chi connectivity index (χ0n) is 17.4. The summed E-state index contributed by atoms with van der Waals surface area (Å²) in [5, 5.41) is 4.23. The predicted octanol–water partition coefficient (Wildman–Crippen LogP) is 3.13. The van der Waals surface area contributed by atoms with Crippen molar-refractivity contribution in [1.29, 1.82) is 0 Å². The van der Waals surface area contributed by atoms with Gasteiger partial charge in [0.1, 0.15) is 5.84 Å². The molecule has 2 aromatic rings. The van der Waals surface area contributed by atoms with Crippen LogP contribution in [0.25, 0.3) is 0 Å². The number of nitrogens with zero attached hydrogens (tertiary/aromatic N) is 4. The van der Waals surface area contributed by atoms with E-state index < -0.39 is 0 Å². The van der Waals surface area contributed by atoms with Crippen molar-refractivity contribution in [2.24, 2.45) is 15.7 Å². The summed E-state index contributed by atoms with van der Waals surface area (Å²) in [6.45, 7) is 11.9. The molecule has 0 bridgehead atoms. The van der Waals surface area contributed by atoms with E-state index >= 15 is 0 Å². The molecule has 9 heteroatoms. The molecule has 1 aliphatic rings. The summed E-state index contributed by atoms with van der Waals surface area (Å²) >= 11 is 1.55. The van der Waals surface area contributed by atoms with Crippen LogP contribution in [-0.4, -0.2) is 48.5 Å². The third kappa shape index (κ3) is 4.73. The molecule has 0 aliphatic carbocycles. The van der Waals surface area contributed by atoms with Crippen LogP contribution in [0.2, 0.25) is 0 Å². The molecule has 0 saturated heterocycles. The van der Waals surface area contributed by atoms with Gasteiger partial charge in [-0.25, -0.2) is 9.98 Å². The van der Waals surface area contributed by atoms with Crippen LogP contribution >= 0.6 is 11.8 Å². The number of nitrogens with two attached hydrogens (primary N) is 1. The first-order valence-corrected chi connectivity index (χ1v) is 10.4. The van der Waals surface area contributed by atoms with Gasteiger partial charge in [0.2, 0.25) is 6.79 Å². The summed E-state index contributed by atoms with van der Waals surface area (Å²) in [6.07, 6.45) is 0.924. The maximum absolute atomic E-state index is 6.07. The molecule has 0 fully saturated rings. The Morgan fingerprint density at radius 3 is 2.76 bits per heavy atom. The third-order valence-corrected chi connectivity index (χ3v) is 5.68. The molecule has 0 radical (unpaired) electrons. The molecule has 0 amide bonds. The molecular formula is C20H28N6O2S. The van der Waals surface area contributed by atoms with E-state index in [1.165, 1.54) is 0 Å². The third-order valence-electron chi connectivity index (χ3n) is 4.52. The summed E-state index contributed by atoms with van der Waals surface area (Å²) in [6, 6.07) is 4.41. The van der Waals surface area contributed by atoms with Gasteiger partial charge in [0, 0.05) is 24.5 Å². The molecule has 3 rings (SSSR count). The highest BCUT2D eigenvalue weighted by Gasteiger charge is 2.22. The van der Waals surface area contributed by atoms with Gasteiger partial charge in [0.25, 0.3) is 0 Å². The number of fused-ring (bicyclic) bond motifs is 1. The zero-order valence-corrected chi connectivity index (χ0v) is 18.2. The van der Waals surface area contributed by atoms with Crippen molar-refractivity contribution in [1.82, 2.24) is 14.9 Å². The second-order valence-electron chi connectivity index (χ2n) is 7.02. The van der Waals surface area contributed by atoms with Crippen molar-refractivity contribution in [3.8, 4) is 11.5 Å². The minimum atomic E-state index is 0.249. The van der Waals surface area contributed by atoms with Gasteiger partial charge in [-0.05, 0) is 44.3 Å². The van der Waals surface area contributed by atoms with Crippen molar-refractivity contribution in [2.75, 3.05) is 20.4 Å². The Balaban J connectivity index is 1.94. The summed E-state index contributed by atoms with van der Waals surface area (Å²) in [5.74, 6) is 2.50. The molecule has 156 valence electrons. The highest BCUT2D eigenvalue weighted by atomic mass is 32.2. The summed E-state index contributed by atoms with van der Waals surface area (Å²) < 4.78 is 13.0. The van der Waals surface area contributed by atoms with E-state index in [1.54, 1.807) is 18.8 Å². The first-order chi connectivity index (χ1) is 13.9. The second-order valence-corrected chi connectivity index (χ2v) is 8.03. The highest BCUT2D eigenvalue weighted by molar-refractivity contribution is 7.99. The van der Waals surface area contributed by atoms with Gasteiger partial charge in [-0.1, -0.05) is 25.6 Å². The van der Waals surface area contributed by atoms with E-state index in [2.05, 4.69) is 40.4 Å². The normalized spacial score (nSPS) is 13.3. The van der Waals surface area contributed by atoms with Crippen LogP contribution in [0, 0.1) is 6.92 Å². The standard InChI is InChI=1S/C20H28N6O2S/c1-12(2)24-7-6-8-26-19(23-5)17(18(21)22-4)25-20(26)29-16-10-15-14(9-13(16)3)27-11-28-15/h9-10,12,24H,5-8,11H2,1-4H3,(H2,21,22). The Morgan fingerprint density at radius 1 is 1.38 bits per heavy atom. The van der Waals surface area contributed by atoms with Crippen LogP contribution in [0.4, 0.5) is 5.82 Å². The molecule has 0 saturated carbocycles. The lowest BCUT2D eigenvalue weighted by molar-refractivity contribution is 0.174. The summed E-state index contributed by atoms with van der Waals surface area (Å²) in [7, 11) is 1.64. The van der Waals surface area contributed by atoms with E-state index in [1.807, 2.05) is 19.1 Å². The fourth-order valence-electron chi connectivity index (χ4n) is 3.00. The lowest BCUT2D eigenvalue weighted by Crippen LogP contribution is -2.24. The maximum Gasteiger partial charge on any atom is 0.231 e. The molecular weight excluding hydrogens is 388 g/mol. The van der Waals surface area contributed by atoms with Gasteiger partial charge < -0.3 is 25.1 Å². The number of aryl methyl sites for hydroxylation is 1. The van der Waals surface area contributed by atoms with Gasteiger partial charge in [-0.3, -0.25) is 4.99 Å². The molecule has 3 N–H and O–H groups in total. The fraction of sp³-hybridized carbons (Fsp3) is 0.450. The molecule has 0 atom stereocenters. The van der Waals surface area contributed by atoms with Crippen molar-refractivity contribution in [3.05, 3.63) is 23.4 Å². The molecule has 8 nitrogen and oxygen atoms in total. The molecule has 1 aromatic carbocycles. The maximum atomic E-state index is 6.07. The average molecular weight is 417 g/mol. The Hall–Kier alpha value is -2.52. The van der Waals surface area contributed by atoms with Crippen LogP contribution in [0.3, 0.4) is 0 Å². The Morgan fingerprint density at radius 2 is 2.10 bits per heavy atom. The minimum Gasteiger partial charge on any atom is -0.454 e. The number of nitrogens with one attached hydrogen (secondary N) is 1. The zero-order chi connectivity index (χ0) is 21.0. The molecule has 2 heterocycles. The number of hydrogen-bond acceptors (Lipinski definition) is 7. The number of ether oxygens (including phenoxy) is 2. The predicted molar refractivity (Wildman–Crippen MR) is 117 cm³/mol. The van der Waals surface area contributed by atoms with E-state index in [0.717, 1.165) is 46.6 Å². The van der Waals surface area contributed by atoms with Crippen LogP contribution in [0.5, 0.6) is 11.5 Å². The first kappa shape index (κ1) is 21.2. The number of rotatable bonds is 9. The SMILES string of the molecule is C=Nc1c(C(N)=NC)nc(Sc2cc3c(cc2C)OCO3)n1CCCNC(C)C. The van der Waals surface area contributed by atoms with Crippen molar-refractivity contribution in [3.63, 3.8) is 0 Å². The Kier molecular flexibility index (Phi) is 6.81. The van der Waals surface area contributed by atoms with E-state index in [9.17, 15) is 0 Å². The molecule has 0 unspecified atom stereocenters. The Labute approximate surface area is 175 Å². The average Bonchev–Trinajstić information content (AvgIpc) is 3.28. The molecule has 29 heavy (non-hydrogen) atoms. The van der Waals surface area contributed by atoms with Crippen LogP contribution in [0.15, 0.2) is 32.2 Å². The lowest BCUT2D eigenvalue weighted by Gasteiger charge is -2.12. The van der Waals surface area contributed by atoms with Crippen molar-refractivity contribution >= 4 is 30.1 Å². The number of aromatic nitrogens is 2. The lowest BCUT2D eigenvalue weighted by atomic mass is 10.2. The second kappa shape index (κ2) is 9.32. The van der Waals surface area contributed by atoms with E-state index in [0.29, 0.717) is 23.4 Å². The highest BCUT2D eigenvalue weighted by Crippen LogP contribution is 2.41. The number of benzene rings is 1. The Bertz CT molecular complexity index is 922. The van der Waals surface area contributed by atoms with Gasteiger partial charge in [-0.2, -0.15) is 0 Å². The summed E-state index contributed by atoms with van der Waals surface area (Å²) in [5.41, 5.74) is 7.71. The van der Waals surface area contributed by atoms with Crippen molar-refractivity contribution in [2.45, 2.75) is 49.8 Å². The smallest absolute Gasteiger partial charge is 0.231 e. The molecule has 1 aromatic heterocycles. The van der Waals surface area contributed by atoms with Crippen LogP contribution in [-0.2, 0) is 6.54 Å². The number of aliphatic imine (C=N–C) groups is 2. The number of amidine groups is 1. The quantitative estimate of drug-likeness (QED) is 0.370. The van der Waals surface area contributed by atoms with Crippen LogP contribution < -0.4 is 20.5 Å². The van der Waals surface area contributed by atoms with E-state index in [4.69, 9.17) is 20.2 Å². The fourth-order valence-corrected chi connectivity index (χ4v) is 4.01. The molecule has 1 aliphatic heterocycles. The van der Waals surface area contributed by atoms with Gasteiger partial charge >= 0.3 is 0 Å². The van der Waals surface area contributed by atoms with Gasteiger partial charge in [0.15, 0.2) is 28.2 Å². The van der Waals surface area contributed by atoms with Crippen molar-refractivity contribution < 1.29 is 9.47 Å². The topological polar surface area (TPSA) is 99.1 Å². The van der Waals surface area contributed by atoms with Crippen LogP contribution in [0.1, 0.15) is 31.5 Å². The largest absolute Gasteiger partial charge is 0.454 e. The minimum absolute atomic E-state index is 0.249. The summed E-state index contributed by atoms with van der Waals surface area (Å²) in [4.78, 5) is 14.1.